The Hall–Kier alpha value is -2.95. The van der Waals surface area contributed by atoms with Crippen molar-refractivity contribution in [3.05, 3.63) is 70.3 Å². The van der Waals surface area contributed by atoms with Gasteiger partial charge < -0.3 is 5.11 Å². The van der Waals surface area contributed by atoms with Crippen molar-refractivity contribution >= 4 is 17.8 Å². The van der Waals surface area contributed by atoms with Crippen LogP contribution in [0.25, 0.3) is 0 Å². The topological polar surface area (TPSA) is 83.5 Å². The monoisotopic (exact) mass is 295 g/mol. The van der Waals surface area contributed by atoms with Gasteiger partial charge in [-0.1, -0.05) is 36.4 Å². The van der Waals surface area contributed by atoms with Gasteiger partial charge in [-0.25, -0.2) is 4.79 Å². The number of carbonyl (C=O) groups is 3. The fourth-order valence-electron chi connectivity index (χ4n) is 2.73. The number of amides is 2. The molecule has 0 bridgehead atoms. The molecule has 2 N–H and O–H groups in total. The van der Waals surface area contributed by atoms with Crippen molar-refractivity contribution in [3.63, 3.8) is 0 Å². The van der Waals surface area contributed by atoms with E-state index in [2.05, 4.69) is 5.32 Å². The standard InChI is InChI=1S/C17H13NO4/c19-14-9-12-6-3-5-11(15(12)16(20)18-14)8-10-4-1-2-7-13(10)17(21)22/h1-7H,8-9H2,(H,21,22)(H,18,19,20). The first-order valence-corrected chi connectivity index (χ1v) is 6.82. The van der Waals surface area contributed by atoms with E-state index < -0.39 is 11.9 Å². The van der Waals surface area contributed by atoms with Gasteiger partial charge in [0.2, 0.25) is 5.91 Å². The van der Waals surface area contributed by atoms with Crippen LogP contribution in [0, 0.1) is 0 Å². The van der Waals surface area contributed by atoms with Gasteiger partial charge in [0.1, 0.15) is 0 Å². The molecular weight excluding hydrogens is 282 g/mol. The maximum atomic E-state index is 12.1. The summed E-state index contributed by atoms with van der Waals surface area (Å²) in [6.07, 6.45) is 0.489. The zero-order valence-corrected chi connectivity index (χ0v) is 11.6. The number of carbonyl (C=O) groups excluding carboxylic acids is 2. The summed E-state index contributed by atoms with van der Waals surface area (Å²) in [6.45, 7) is 0. The lowest BCUT2D eigenvalue weighted by molar-refractivity contribution is -0.119. The lowest BCUT2D eigenvalue weighted by Gasteiger charge is -2.19. The molecule has 1 aliphatic rings. The summed E-state index contributed by atoms with van der Waals surface area (Å²) in [4.78, 5) is 34.8. The second kappa shape index (κ2) is 5.44. The summed E-state index contributed by atoms with van der Waals surface area (Å²) >= 11 is 0. The molecule has 1 aliphatic heterocycles. The Morgan fingerprint density at radius 1 is 1.05 bits per heavy atom. The molecule has 0 atom stereocenters. The minimum atomic E-state index is -1.000. The highest BCUT2D eigenvalue weighted by molar-refractivity contribution is 6.10. The minimum absolute atomic E-state index is 0.162. The molecule has 2 aromatic carbocycles. The number of nitrogens with one attached hydrogen (secondary N) is 1. The Morgan fingerprint density at radius 2 is 1.77 bits per heavy atom. The first kappa shape index (κ1) is 14.0. The molecule has 3 rings (SSSR count). The van der Waals surface area contributed by atoms with Crippen molar-refractivity contribution in [3.8, 4) is 0 Å². The molecule has 0 saturated carbocycles. The molecule has 0 unspecified atom stereocenters. The highest BCUT2D eigenvalue weighted by Gasteiger charge is 2.25. The van der Waals surface area contributed by atoms with Crippen LogP contribution in [0.3, 0.4) is 0 Å². The lowest BCUT2D eigenvalue weighted by Crippen LogP contribution is -2.38. The molecule has 0 saturated heterocycles. The molecule has 0 fully saturated rings. The first-order chi connectivity index (χ1) is 10.6. The maximum Gasteiger partial charge on any atom is 0.335 e. The third kappa shape index (κ3) is 2.48. The predicted molar refractivity (Wildman–Crippen MR) is 78.8 cm³/mol. The molecule has 0 aromatic heterocycles. The molecule has 0 aliphatic carbocycles. The number of benzene rings is 2. The van der Waals surface area contributed by atoms with Crippen LogP contribution < -0.4 is 5.32 Å². The average Bonchev–Trinajstić information content (AvgIpc) is 2.47. The van der Waals surface area contributed by atoms with Crippen LogP contribution in [0.2, 0.25) is 0 Å². The van der Waals surface area contributed by atoms with Crippen LogP contribution in [0.5, 0.6) is 0 Å². The molecule has 110 valence electrons. The van der Waals surface area contributed by atoms with Gasteiger partial charge in [0.15, 0.2) is 0 Å². The largest absolute Gasteiger partial charge is 0.478 e. The number of hydrogen-bond donors (Lipinski definition) is 2. The summed E-state index contributed by atoms with van der Waals surface area (Å²) in [5, 5.41) is 11.5. The Balaban J connectivity index is 2.05. The fraction of sp³-hybridized carbons (Fsp3) is 0.118. The normalized spacial score (nSPS) is 13.5. The van der Waals surface area contributed by atoms with Gasteiger partial charge in [-0.3, -0.25) is 14.9 Å². The van der Waals surface area contributed by atoms with Crippen LogP contribution >= 0.6 is 0 Å². The van der Waals surface area contributed by atoms with Crippen molar-refractivity contribution in [2.24, 2.45) is 0 Å². The summed E-state index contributed by atoms with van der Waals surface area (Å²) in [6, 6.07) is 12.0. The molecule has 5 heteroatoms. The number of fused-ring (bicyclic) bond motifs is 1. The van der Waals surface area contributed by atoms with Gasteiger partial charge in [-0.15, -0.1) is 0 Å². The average molecular weight is 295 g/mol. The van der Waals surface area contributed by atoms with E-state index in [4.69, 9.17) is 0 Å². The smallest absolute Gasteiger partial charge is 0.335 e. The highest BCUT2D eigenvalue weighted by atomic mass is 16.4. The van der Waals surface area contributed by atoms with Gasteiger partial charge in [-0.05, 0) is 29.2 Å². The lowest BCUT2D eigenvalue weighted by atomic mass is 9.90. The third-order valence-electron chi connectivity index (χ3n) is 3.70. The van der Waals surface area contributed by atoms with Gasteiger partial charge >= 0.3 is 5.97 Å². The van der Waals surface area contributed by atoms with Crippen LogP contribution in [-0.2, 0) is 17.6 Å². The second-order valence-electron chi connectivity index (χ2n) is 5.14. The molecule has 22 heavy (non-hydrogen) atoms. The van der Waals surface area contributed by atoms with E-state index in [9.17, 15) is 19.5 Å². The SMILES string of the molecule is O=C1Cc2cccc(Cc3ccccc3C(=O)O)c2C(=O)N1. The number of carboxylic acids is 1. The molecule has 5 nitrogen and oxygen atoms in total. The summed E-state index contributed by atoms with van der Waals surface area (Å²) in [7, 11) is 0. The van der Waals surface area contributed by atoms with E-state index >= 15 is 0 Å². The van der Waals surface area contributed by atoms with Crippen molar-refractivity contribution < 1.29 is 19.5 Å². The molecule has 0 spiro atoms. The van der Waals surface area contributed by atoms with E-state index in [0.717, 1.165) is 5.56 Å². The molecular formula is C17H13NO4. The minimum Gasteiger partial charge on any atom is -0.478 e. The predicted octanol–water partition coefficient (Wildman–Crippen LogP) is 1.79. The Kier molecular flexibility index (Phi) is 3.47. The Morgan fingerprint density at radius 3 is 2.55 bits per heavy atom. The number of rotatable bonds is 3. The second-order valence-corrected chi connectivity index (χ2v) is 5.14. The summed E-state index contributed by atoms with van der Waals surface area (Å²) in [5.41, 5.74) is 2.72. The Bertz CT molecular complexity index is 795. The van der Waals surface area contributed by atoms with E-state index in [1.807, 2.05) is 0 Å². The van der Waals surface area contributed by atoms with Gasteiger partial charge in [-0.2, -0.15) is 0 Å². The van der Waals surface area contributed by atoms with Crippen LogP contribution in [0.4, 0.5) is 0 Å². The number of aromatic carboxylic acids is 1. The molecule has 1 heterocycles. The zero-order valence-electron chi connectivity index (χ0n) is 11.6. The summed E-state index contributed by atoms with van der Waals surface area (Å²) < 4.78 is 0. The molecule has 0 radical (unpaired) electrons. The van der Waals surface area contributed by atoms with Gasteiger partial charge in [0.05, 0.1) is 12.0 Å². The quantitative estimate of drug-likeness (QED) is 0.846. The van der Waals surface area contributed by atoms with E-state index in [1.54, 1.807) is 36.4 Å². The van der Waals surface area contributed by atoms with E-state index in [0.29, 0.717) is 23.1 Å². The van der Waals surface area contributed by atoms with Crippen LogP contribution in [0.1, 0.15) is 37.4 Å². The number of imide groups is 1. The van der Waals surface area contributed by atoms with Crippen molar-refractivity contribution in [2.75, 3.05) is 0 Å². The molecule has 2 aromatic rings. The van der Waals surface area contributed by atoms with Gasteiger partial charge in [0, 0.05) is 5.56 Å². The number of carboxylic acid groups (broad SMARTS) is 1. The summed E-state index contributed by atoms with van der Waals surface area (Å²) in [5.74, 6) is -1.74. The maximum absolute atomic E-state index is 12.1. The third-order valence-corrected chi connectivity index (χ3v) is 3.70. The fourth-order valence-corrected chi connectivity index (χ4v) is 2.73. The molecule has 2 amide bonds. The van der Waals surface area contributed by atoms with Crippen LogP contribution in [0.15, 0.2) is 42.5 Å². The van der Waals surface area contributed by atoms with Crippen molar-refractivity contribution in [1.82, 2.24) is 5.32 Å². The highest BCUT2D eigenvalue weighted by Crippen LogP contribution is 2.23. The zero-order chi connectivity index (χ0) is 15.7. The Labute approximate surface area is 126 Å². The first-order valence-electron chi connectivity index (χ1n) is 6.82. The van der Waals surface area contributed by atoms with E-state index in [-0.39, 0.29) is 17.9 Å². The van der Waals surface area contributed by atoms with Gasteiger partial charge in [0.25, 0.3) is 5.91 Å². The van der Waals surface area contributed by atoms with Crippen molar-refractivity contribution in [2.45, 2.75) is 12.8 Å². The number of hydrogen-bond acceptors (Lipinski definition) is 3. The van der Waals surface area contributed by atoms with E-state index in [1.165, 1.54) is 6.07 Å². The van der Waals surface area contributed by atoms with Crippen LogP contribution in [-0.4, -0.2) is 22.9 Å². The van der Waals surface area contributed by atoms with Crippen molar-refractivity contribution in [1.29, 1.82) is 0 Å².